The molecule has 1 aliphatic heterocycles. The maximum atomic E-state index is 14.0. The molecule has 2 aromatic carbocycles. The third-order valence-corrected chi connectivity index (χ3v) is 6.33. The van der Waals surface area contributed by atoms with Crippen LogP contribution in [0, 0.1) is 5.92 Å². The molecule has 1 heterocycles. The Balaban J connectivity index is 2.25. The SMILES string of the molecule is CCOC(=O)C1=C(C)N/C(=C\Sc2ccccc2)[C@@H](C(=O)OCC)[C@@H]1c1ccccc1C(F)(F)F. The summed E-state index contributed by atoms with van der Waals surface area (Å²) in [6, 6.07) is 14.3. The first-order valence-corrected chi connectivity index (χ1v) is 12.0. The molecule has 5 nitrogen and oxygen atoms in total. The Morgan fingerprint density at radius 3 is 2.26 bits per heavy atom. The van der Waals surface area contributed by atoms with Crippen LogP contribution in [-0.4, -0.2) is 25.2 Å². The Hall–Kier alpha value is -3.20. The molecule has 0 fully saturated rings. The number of rotatable bonds is 7. The molecule has 35 heavy (non-hydrogen) atoms. The molecule has 0 spiro atoms. The highest BCUT2D eigenvalue weighted by molar-refractivity contribution is 8.02. The number of allylic oxidation sites excluding steroid dienone is 1. The number of carbonyl (C=O) groups is 2. The first kappa shape index (κ1) is 26.4. The summed E-state index contributed by atoms with van der Waals surface area (Å²) < 4.78 is 52.6. The van der Waals surface area contributed by atoms with Crippen LogP contribution in [0.15, 0.2) is 81.9 Å². The maximum absolute atomic E-state index is 14.0. The monoisotopic (exact) mass is 505 g/mol. The van der Waals surface area contributed by atoms with Gasteiger partial charge in [0.25, 0.3) is 0 Å². The fourth-order valence-corrected chi connectivity index (χ4v) is 4.80. The van der Waals surface area contributed by atoms with Crippen molar-refractivity contribution in [1.29, 1.82) is 0 Å². The number of halogens is 3. The topological polar surface area (TPSA) is 64.6 Å². The average molecular weight is 506 g/mol. The molecule has 0 aliphatic carbocycles. The summed E-state index contributed by atoms with van der Waals surface area (Å²) in [4.78, 5) is 27.1. The van der Waals surface area contributed by atoms with Gasteiger partial charge in [-0.1, -0.05) is 48.2 Å². The van der Waals surface area contributed by atoms with Gasteiger partial charge in [-0.05, 0) is 49.9 Å². The van der Waals surface area contributed by atoms with E-state index in [0.717, 1.165) is 11.0 Å². The van der Waals surface area contributed by atoms with Crippen molar-refractivity contribution in [2.24, 2.45) is 5.92 Å². The minimum atomic E-state index is -4.70. The minimum absolute atomic E-state index is 0.0273. The van der Waals surface area contributed by atoms with Crippen LogP contribution >= 0.6 is 11.8 Å². The van der Waals surface area contributed by atoms with Gasteiger partial charge < -0.3 is 14.8 Å². The Morgan fingerprint density at radius 1 is 1.00 bits per heavy atom. The Morgan fingerprint density at radius 2 is 1.63 bits per heavy atom. The smallest absolute Gasteiger partial charge is 0.416 e. The van der Waals surface area contributed by atoms with Gasteiger partial charge in [-0.15, -0.1) is 0 Å². The third-order valence-electron chi connectivity index (χ3n) is 5.42. The van der Waals surface area contributed by atoms with Crippen molar-refractivity contribution in [3.8, 4) is 0 Å². The molecule has 3 rings (SSSR count). The van der Waals surface area contributed by atoms with Gasteiger partial charge in [0.1, 0.15) is 5.92 Å². The second-order valence-electron chi connectivity index (χ2n) is 7.68. The lowest BCUT2D eigenvalue weighted by atomic mass is 9.74. The summed E-state index contributed by atoms with van der Waals surface area (Å²) >= 11 is 1.30. The maximum Gasteiger partial charge on any atom is 0.416 e. The van der Waals surface area contributed by atoms with Gasteiger partial charge in [-0.25, -0.2) is 4.79 Å². The Bertz CT molecular complexity index is 1130. The normalized spacial score (nSPS) is 19.3. The summed E-state index contributed by atoms with van der Waals surface area (Å²) in [6.45, 7) is 4.85. The molecule has 0 saturated heterocycles. The van der Waals surface area contributed by atoms with Crippen molar-refractivity contribution in [2.45, 2.75) is 37.8 Å². The molecule has 1 aliphatic rings. The van der Waals surface area contributed by atoms with E-state index < -0.39 is 35.5 Å². The van der Waals surface area contributed by atoms with Crippen molar-refractivity contribution in [3.05, 3.63) is 88.1 Å². The predicted octanol–water partition coefficient (Wildman–Crippen LogP) is 6.04. The molecule has 0 aromatic heterocycles. The molecule has 0 bridgehead atoms. The minimum Gasteiger partial charge on any atom is -0.465 e. The molecule has 0 amide bonds. The highest BCUT2D eigenvalue weighted by Gasteiger charge is 2.47. The lowest BCUT2D eigenvalue weighted by Gasteiger charge is -2.36. The van der Waals surface area contributed by atoms with Gasteiger partial charge >= 0.3 is 18.1 Å². The number of carbonyl (C=O) groups excluding carboxylic acids is 2. The molecule has 9 heteroatoms. The van der Waals surface area contributed by atoms with Gasteiger partial charge in [0, 0.05) is 22.2 Å². The summed E-state index contributed by atoms with van der Waals surface area (Å²) in [5.74, 6) is -4.02. The van der Waals surface area contributed by atoms with E-state index in [-0.39, 0.29) is 24.4 Å². The molecule has 2 atom stereocenters. The number of hydrogen-bond donors (Lipinski definition) is 1. The zero-order valence-electron chi connectivity index (χ0n) is 19.5. The molecule has 186 valence electrons. The van der Waals surface area contributed by atoms with Crippen LogP contribution in [0.1, 0.15) is 37.8 Å². The van der Waals surface area contributed by atoms with Gasteiger partial charge in [0.2, 0.25) is 0 Å². The largest absolute Gasteiger partial charge is 0.465 e. The van der Waals surface area contributed by atoms with Crippen LogP contribution in [0.2, 0.25) is 0 Å². The second kappa shape index (κ2) is 11.5. The number of thioether (sulfide) groups is 1. The van der Waals surface area contributed by atoms with Gasteiger partial charge in [0.05, 0.1) is 24.4 Å². The standard InChI is InChI=1S/C26H26F3NO4S/c1-4-33-24(31)21-16(3)30-20(15-35-17-11-7-6-8-12-17)23(25(32)34-5-2)22(21)18-13-9-10-14-19(18)26(27,28)29/h6-15,22-23,30H,4-5H2,1-3H3/b20-15-/t22-,23-/m1/s1. The third kappa shape index (κ3) is 6.08. The number of alkyl halides is 3. The fraction of sp³-hybridized carbons (Fsp3) is 0.308. The first-order valence-electron chi connectivity index (χ1n) is 11.1. The zero-order valence-corrected chi connectivity index (χ0v) is 20.3. The number of ether oxygens (including phenoxy) is 2. The second-order valence-corrected chi connectivity index (χ2v) is 8.62. The zero-order chi connectivity index (χ0) is 25.6. The van der Waals surface area contributed by atoms with Crippen LogP contribution in [0.5, 0.6) is 0 Å². The van der Waals surface area contributed by atoms with Gasteiger partial charge in [-0.2, -0.15) is 13.2 Å². The number of benzene rings is 2. The highest BCUT2D eigenvalue weighted by atomic mass is 32.2. The summed E-state index contributed by atoms with van der Waals surface area (Å²) in [6.07, 6.45) is -4.70. The predicted molar refractivity (Wildman–Crippen MR) is 127 cm³/mol. The number of esters is 2. The van der Waals surface area contributed by atoms with E-state index in [0.29, 0.717) is 11.4 Å². The summed E-state index contributed by atoms with van der Waals surface area (Å²) in [7, 11) is 0. The molecule has 0 radical (unpaired) electrons. The van der Waals surface area contributed by atoms with Crippen molar-refractivity contribution < 1.29 is 32.2 Å². The average Bonchev–Trinajstić information content (AvgIpc) is 2.82. The molecule has 0 saturated carbocycles. The van der Waals surface area contributed by atoms with Crippen molar-refractivity contribution in [2.75, 3.05) is 13.2 Å². The molecular weight excluding hydrogens is 479 g/mol. The first-order chi connectivity index (χ1) is 16.7. The van der Waals surface area contributed by atoms with Crippen LogP contribution in [0.3, 0.4) is 0 Å². The summed E-state index contributed by atoms with van der Waals surface area (Å²) in [5, 5.41) is 4.73. The number of nitrogens with one attached hydrogen (secondary N) is 1. The highest BCUT2D eigenvalue weighted by Crippen LogP contribution is 2.46. The molecule has 0 unspecified atom stereocenters. The van der Waals surface area contributed by atoms with E-state index in [9.17, 15) is 22.8 Å². The van der Waals surface area contributed by atoms with Crippen molar-refractivity contribution in [1.82, 2.24) is 5.32 Å². The fourth-order valence-electron chi connectivity index (χ4n) is 4.02. The van der Waals surface area contributed by atoms with Gasteiger partial charge in [0.15, 0.2) is 0 Å². The van der Waals surface area contributed by atoms with Crippen molar-refractivity contribution in [3.63, 3.8) is 0 Å². The lowest BCUT2D eigenvalue weighted by Crippen LogP contribution is -2.40. The van der Waals surface area contributed by atoms with E-state index in [1.54, 1.807) is 26.2 Å². The van der Waals surface area contributed by atoms with Crippen LogP contribution < -0.4 is 5.32 Å². The number of hydrogen-bond acceptors (Lipinski definition) is 6. The van der Waals surface area contributed by atoms with E-state index >= 15 is 0 Å². The Labute approximate surface area is 206 Å². The quantitative estimate of drug-likeness (QED) is 0.366. The van der Waals surface area contributed by atoms with Crippen LogP contribution in [0.25, 0.3) is 0 Å². The van der Waals surface area contributed by atoms with E-state index in [1.807, 2.05) is 30.3 Å². The van der Waals surface area contributed by atoms with E-state index in [4.69, 9.17) is 9.47 Å². The molecular formula is C26H26F3NO4S. The molecule has 2 aromatic rings. The van der Waals surface area contributed by atoms with Crippen LogP contribution in [0.4, 0.5) is 13.2 Å². The van der Waals surface area contributed by atoms with Crippen molar-refractivity contribution >= 4 is 23.7 Å². The van der Waals surface area contributed by atoms with Gasteiger partial charge in [-0.3, -0.25) is 4.79 Å². The lowest BCUT2D eigenvalue weighted by molar-refractivity contribution is -0.149. The van der Waals surface area contributed by atoms with Crippen LogP contribution in [-0.2, 0) is 25.2 Å². The molecule has 1 N–H and O–H groups in total. The Kier molecular flexibility index (Phi) is 8.67. The summed E-state index contributed by atoms with van der Waals surface area (Å²) in [5.41, 5.74) is -0.511. The van der Waals surface area contributed by atoms with E-state index in [1.165, 1.54) is 30.0 Å². The van der Waals surface area contributed by atoms with E-state index in [2.05, 4.69) is 5.32 Å².